The Labute approximate surface area is 134 Å². The zero-order chi connectivity index (χ0) is 15.9. The first-order valence-electron chi connectivity index (χ1n) is 9.58. The van der Waals surface area contributed by atoms with Gasteiger partial charge in [-0.3, -0.25) is 0 Å². The Kier molecular flexibility index (Phi) is 7.74. The van der Waals surface area contributed by atoms with E-state index in [0.29, 0.717) is 5.41 Å². The maximum absolute atomic E-state index is 3.83. The van der Waals surface area contributed by atoms with Gasteiger partial charge in [-0.2, -0.15) is 0 Å². The monoisotopic (exact) mass is 295 g/mol. The summed E-state index contributed by atoms with van der Waals surface area (Å²) in [5.41, 5.74) is 0.810. The highest BCUT2D eigenvalue weighted by Crippen LogP contribution is 2.46. The highest BCUT2D eigenvalue weighted by Gasteiger charge is 2.39. The van der Waals surface area contributed by atoms with Crippen LogP contribution >= 0.6 is 0 Å². The van der Waals surface area contributed by atoms with Crippen LogP contribution in [0.15, 0.2) is 0 Å². The number of unbranched alkanes of at least 4 members (excludes halogenated alkanes) is 1. The zero-order valence-corrected chi connectivity index (χ0v) is 15.7. The molecule has 0 aromatic carbocycles. The van der Waals surface area contributed by atoms with Crippen molar-refractivity contribution in [2.75, 3.05) is 6.54 Å². The van der Waals surface area contributed by atoms with E-state index in [1.54, 1.807) is 0 Å². The molecular weight excluding hydrogens is 254 g/mol. The Morgan fingerprint density at radius 2 is 1.71 bits per heavy atom. The number of nitrogens with one attached hydrogen (secondary N) is 1. The molecule has 0 radical (unpaired) electrons. The topological polar surface area (TPSA) is 12.0 Å². The average molecular weight is 296 g/mol. The van der Waals surface area contributed by atoms with Crippen molar-refractivity contribution < 1.29 is 0 Å². The highest BCUT2D eigenvalue weighted by atomic mass is 15.0. The van der Waals surface area contributed by atoms with Crippen molar-refractivity contribution >= 4 is 0 Å². The van der Waals surface area contributed by atoms with Crippen LogP contribution < -0.4 is 5.32 Å². The van der Waals surface area contributed by atoms with Gasteiger partial charge in [0.15, 0.2) is 0 Å². The maximum atomic E-state index is 3.83. The fourth-order valence-corrected chi connectivity index (χ4v) is 4.06. The van der Waals surface area contributed by atoms with Gasteiger partial charge in [-0.05, 0) is 63.7 Å². The van der Waals surface area contributed by atoms with Crippen LogP contribution in [0.2, 0.25) is 0 Å². The lowest BCUT2D eigenvalue weighted by molar-refractivity contribution is 0.0647. The van der Waals surface area contributed by atoms with Crippen molar-refractivity contribution in [1.29, 1.82) is 0 Å². The molecule has 1 nitrogen and oxygen atoms in total. The minimum Gasteiger partial charge on any atom is -0.312 e. The molecule has 126 valence electrons. The van der Waals surface area contributed by atoms with E-state index in [1.807, 2.05) is 0 Å². The lowest BCUT2D eigenvalue weighted by atomic mass is 9.62. The fourth-order valence-electron chi connectivity index (χ4n) is 4.06. The van der Waals surface area contributed by atoms with E-state index in [4.69, 9.17) is 0 Å². The molecule has 0 aliphatic heterocycles. The molecule has 1 heteroatoms. The molecule has 1 rings (SSSR count). The normalized spacial score (nSPS) is 28.6. The summed E-state index contributed by atoms with van der Waals surface area (Å²) in [6, 6.07) is 0. The molecule has 0 heterocycles. The van der Waals surface area contributed by atoms with Crippen LogP contribution in [0.5, 0.6) is 0 Å². The van der Waals surface area contributed by atoms with E-state index in [-0.39, 0.29) is 5.54 Å². The van der Waals surface area contributed by atoms with E-state index < -0.39 is 0 Å². The second kappa shape index (κ2) is 8.56. The van der Waals surface area contributed by atoms with E-state index in [2.05, 4.69) is 46.9 Å². The largest absolute Gasteiger partial charge is 0.312 e. The summed E-state index contributed by atoms with van der Waals surface area (Å²) < 4.78 is 0. The van der Waals surface area contributed by atoms with Gasteiger partial charge in [-0.25, -0.2) is 0 Å². The summed E-state index contributed by atoms with van der Waals surface area (Å²) >= 11 is 0. The van der Waals surface area contributed by atoms with Gasteiger partial charge in [-0.1, -0.05) is 52.9 Å². The quantitative estimate of drug-likeness (QED) is 0.564. The predicted molar refractivity (Wildman–Crippen MR) is 95.7 cm³/mol. The van der Waals surface area contributed by atoms with Crippen LogP contribution in [0.1, 0.15) is 99.3 Å². The molecule has 1 fully saturated rings. The lowest BCUT2D eigenvalue weighted by Crippen LogP contribution is -2.48. The Morgan fingerprint density at radius 1 is 1.10 bits per heavy atom. The second-order valence-corrected chi connectivity index (χ2v) is 8.74. The zero-order valence-electron chi connectivity index (χ0n) is 15.7. The molecule has 0 aromatic rings. The summed E-state index contributed by atoms with van der Waals surface area (Å²) in [4.78, 5) is 0. The van der Waals surface area contributed by atoms with Crippen LogP contribution in [-0.2, 0) is 0 Å². The van der Waals surface area contributed by atoms with Crippen molar-refractivity contribution in [3.8, 4) is 0 Å². The van der Waals surface area contributed by atoms with E-state index in [1.165, 1.54) is 64.3 Å². The highest BCUT2D eigenvalue weighted by molar-refractivity contribution is 4.92. The van der Waals surface area contributed by atoms with Gasteiger partial charge in [-0.15, -0.1) is 0 Å². The summed E-state index contributed by atoms with van der Waals surface area (Å²) in [6.07, 6.45) is 12.8. The Morgan fingerprint density at radius 3 is 2.19 bits per heavy atom. The molecule has 0 saturated heterocycles. The molecule has 1 atom stereocenters. The van der Waals surface area contributed by atoms with Crippen LogP contribution in [-0.4, -0.2) is 12.1 Å². The Balaban J connectivity index is 2.63. The van der Waals surface area contributed by atoms with Crippen LogP contribution in [0.3, 0.4) is 0 Å². The average Bonchev–Trinajstić information content (AvgIpc) is 2.43. The van der Waals surface area contributed by atoms with E-state index in [0.717, 1.165) is 11.8 Å². The molecule has 1 saturated carbocycles. The van der Waals surface area contributed by atoms with Crippen LogP contribution in [0, 0.1) is 17.3 Å². The van der Waals surface area contributed by atoms with Crippen molar-refractivity contribution in [1.82, 2.24) is 5.32 Å². The third-order valence-corrected chi connectivity index (χ3v) is 5.80. The first-order chi connectivity index (χ1) is 9.83. The van der Waals surface area contributed by atoms with E-state index in [9.17, 15) is 0 Å². The number of hydrogen-bond donors (Lipinski definition) is 1. The molecule has 0 aromatic heterocycles. The van der Waals surface area contributed by atoms with Crippen LogP contribution in [0.4, 0.5) is 0 Å². The fraction of sp³-hybridized carbons (Fsp3) is 1.00. The second-order valence-electron chi connectivity index (χ2n) is 8.74. The van der Waals surface area contributed by atoms with Crippen molar-refractivity contribution in [2.24, 2.45) is 17.3 Å². The van der Waals surface area contributed by atoms with Gasteiger partial charge < -0.3 is 5.32 Å². The lowest BCUT2D eigenvalue weighted by Gasteiger charge is -2.46. The number of hydrogen-bond acceptors (Lipinski definition) is 1. The standard InChI is InChI=1S/C20H41N/c1-7-9-11-18-12-14-20(15-13-18,17(3)10-8-2)16-21-19(4,5)6/h17-18,21H,7-16H2,1-6H3. The molecule has 0 amide bonds. The number of rotatable bonds is 8. The van der Waals surface area contributed by atoms with Crippen molar-refractivity contribution in [3.05, 3.63) is 0 Å². The van der Waals surface area contributed by atoms with Crippen LogP contribution in [0.25, 0.3) is 0 Å². The van der Waals surface area contributed by atoms with Crippen molar-refractivity contribution in [3.63, 3.8) is 0 Å². The molecule has 1 aliphatic carbocycles. The molecule has 0 bridgehead atoms. The third-order valence-electron chi connectivity index (χ3n) is 5.80. The SMILES string of the molecule is CCCCC1CCC(CNC(C)(C)C)(C(C)CCC)CC1. The smallest absolute Gasteiger partial charge is 0.00967 e. The van der Waals surface area contributed by atoms with E-state index >= 15 is 0 Å². The minimum absolute atomic E-state index is 0.248. The summed E-state index contributed by atoms with van der Waals surface area (Å²) in [7, 11) is 0. The Bertz CT molecular complexity index is 268. The first kappa shape index (κ1) is 19.0. The van der Waals surface area contributed by atoms with Crippen molar-refractivity contribution in [2.45, 2.75) is 105 Å². The molecule has 1 unspecified atom stereocenters. The molecular formula is C20H41N. The van der Waals surface area contributed by atoms with Gasteiger partial charge in [0.1, 0.15) is 0 Å². The van der Waals surface area contributed by atoms with Gasteiger partial charge in [0.25, 0.3) is 0 Å². The van der Waals surface area contributed by atoms with Gasteiger partial charge in [0.05, 0.1) is 0 Å². The minimum atomic E-state index is 0.248. The molecule has 21 heavy (non-hydrogen) atoms. The first-order valence-corrected chi connectivity index (χ1v) is 9.58. The molecule has 1 N–H and O–H groups in total. The predicted octanol–water partition coefficient (Wildman–Crippen LogP) is 6.18. The maximum Gasteiger partial charge on any atom is 0.00967 e. The third kappa shape index (κ3) is 6.30. The molecule has 0 spiro atoms. The van der Waals surface area contributed by atoms with Gasteiger partial charge in [0, 0.05) is 12.1 Å². The summed E-state index contributed by atoms with van der Waals surface area (Å²) in [6.45, 7) is 15.3. The Hall–Kier alpha value is -0.0400. The molecule has 1 aliphatic rings. The summed E-state index contributed by atoms with van der Waals surface area (Å²) in [5.74, 6) is 1.88. The van der Waals surface area contributed by atoms with Gasteiger partial charge >= 0.3 is 0 Å². The van der Waals surface area contributed by atoms with Gasteiger partial charge in [0.2, 0.25) is 0 Å². The summed E-state index contributed by atoms with van der Waals surface area (Å²) in [5, 5.41) is 3.83.